The van der Waals surface area contributed by atoms with E-state index in [9.17, 15) is 10.1 Å². The summed E-state index contributed by atoms with van der Waals surface area (Å²) in [5, 5.41) is 13.6. The normalized spacial score (nSPS) is 17.5. The van der Waals surface area contributed by atoms with E-state index in [-0.39, 0.29) is 5.91 Å². The van der Waals surface area contributed by atoms with Gasteiger partial charge in [-0.15, -0.1) is 0 Å². The standard InChI is InChI=1S/C20H18Cl2N2O2/c1-12-9-15(16(11-23)13-4-6-14(21)7-5-13)17(22)10-18(12)24-20(25)19-3-2-8-26-19/h4-7,9-10,16,19H,2-3,8H2,1H3,(H,24,25)/t16-,19+/m0/s1. The van der Waals surface area contributed by atoms with Gasteiger partial charge in [-0.2, -0.15) is 5.26 Å². The van der Waals surface area contributed by atoms with Gasteiger partial charge in [0, 0.05) is 22.3 Å². The average molecular weight is 389 g/mol. The first kappa shape index (κ1) is 18.7. The molecular weight excluding hydrogens is 371 g/mol. The largest absolute Gasteiger partial charge is 0.368 e. The van der Waals surface area contributed by atoms with Crippen molar-refractivity contribution in [3.8, 4) is 6.07 Å². The lowest BCUT2D eigenvalue weighted by molar-refractivity contribution is -0.124. The lowest BCUT2D eigenvalue weighted by Crippen LogP contribution is -2.27. The summed E-state index contributed by atoms with van der Waals surface area (Å²) >= 11 is 12.4. The number of nitrogens with zero attached hydrogens (tertiary/aromatic N) is 1. The van der Waals surface area contributed by atoms with Gasteiger partial charge in [-0.05, 0) is 54.7 Å². The molecule has 26 heavy (non-hydrogen) atoms. The van der Waals surface area contributed by atoms with Crippen LogP contribution in [0.2, 0.25) is 10.0 Å². The Kier molecular flexibility index (Phi) is 5.83. The number of hydrogen-bond acceptors (Lipinski definition) is 3. The van der Waals surface area contributed by atoms with Crippen LogP contribution in [0.15, 0.2) is 36.4 Å². The van der Waals surface area contributed by atoms with Crippen molar-refractivity contribution in [2.24, 2.45) is 0 Å². The van der Waals surface area contributed by atoms with Crippen LogP contribution in [0.4, 0.5) is 5.69 Å². The third kappa shape index (κ3) is 4.02. The van der Waals surface area contributed by atoms with E-state index in [1.807, 2.05) is 25.1 Å². The third-order valence-electron chi connectivity index (χ3n) is 4.47. The Morgan fingerprint density at radius 1 is 1.31 bits per heavy atom. The van der Waals surface area contributed by atoms with Crippen LogP contribution in [-0.4, -0.2) is 18.6 Å². The molecule has 2 aromatic carbocycles. The predicted octanol–water partition coefficient (Wildman–Crippen LogP) is 5.07. The molecule has 0 aromatic heterocycles. The molecule has 134 valence electrons. The molecule has 1 amide bonds. The molecule has 0 aliphatic carbocycles. The molecule has 1 fully saturated rings. The highest BCUT2D eigenvalue weighted by Crippen LogP contribution is 2.34. The molecule has 1 saturated heterocycles. The molecule has 0 spiro atoms. The van der Waals surface area contributed by atoms with E-state index in [4.69, 9.17) is 27.9 Å². The maximum Gasteiger partial charge on any atom is 0.253 e. The zero-order valence-electron chi connectivity index (χ0n) is 14.3. The molecule has 0 radical (unpaired) electrons. The third-order valence-corrected chi connectivity index (χ3v) is 5.05. The van der Waals surface area contributed by atoms with E-state index in [1.165, 1.54) is 0 Å². The van der Waals surface area contributed by atoms with Crippen molar-refractivity contribution in [1.82, 2.24) is 0 Å². The average Bonchev–Trinajstić information content (AvgIpc) is 3.16. The maximum atomic E-state index is 12.3. The van der Waals surface area contributed by atoms with Gasteiger partial charge in [-0.3, -0.25) is 4.79 Å². The van der Waals surface area contributed by atoms with Gasteiger partial charge in [0.2, 0.25) is 0 Å². The summed E-state index contributed by atoms with van der Waals surface area (Å²) < 4.78 is 5.41. The van der Waals surface area contributed by atoms with Crippen LogP contribution in [0, 0.1) is 18.3 Å². The van der Waals surface area contributed by atoms with E-state index in [0.29, 0.717) is 27.9 Å². The summed E-state index contributed by atoms with van der Waals surface area (Å²) in [5.41, 5.74) is 2.98. The molecule has 2 atom stereocenters. The van der Waals surface area contributed by atoms with Crippen LogP contribution >= 0.6 is 23.2 Å². The molecule has 0 bridgehead atoms. The van der Waals surface area contributed by atoms with E-state index in [1.54, 1.807) is 18.2 Å². The quantitative estimate of drug-likeness (QED) is 0.794. The van der Waals surface area contributed by atoms with Gasteiger partial charge in [0.1, 0.15) is 6.10 Å². The van der Waals surface area contributed by atoms with Crippen LogP contribution in [-0.2, 0) is 9.53 Å². The van der Waals surface area contributed by atoms with Crippen molar-refractivity contribution in [2.75, 3.05) is 11.9 Å². The number of ether oxygens (including phenoxy) is 1. The molecule has 3 rings (SSSR count). The van der Waals surface area contributed by atoms with Gasteiger partial charge in [-0.1, -0.05) is 41.4 Å². The molecule has 2 aromatic rings. The Morgan fingerprint density at radius 2 is 2.04 bits per heavy atom. The summed E-state index contributed by atoms with van der Waals surface area (Å²) in [6.45, 7) is 2.49. The minimum absolute atomic E-state index is 0.163. The second kappa shape index (κ2) is 8.09. The smallest absolute Gasteiger partial charge is 0.253 e. The molecule has 0 saturated carbocycles. The lowest BCUT2D eigenvalue weighted by atomic mass is 9.91. The van der Waals surface area contributed by atoms with Crippen molar-refractivity contribution >= 4 is 34.8 Å². The fourth-order valence-electron chi connectivity index (χ4n) is 3.04. The second-order valence-electron chi connectivity index (χ2n) is 6.29. The highest BCUT2D eigenvalue weighted by molar-refractivity contribution is 6.32. The number of benzene rings is 2. The van der Waals surface area contributed by atoms with Gasteiger partial charge in [0.05, 0.1) is 12.0 Å². The summed E-state index contributed by atoms with van der Waals surface area (Å²) in [5.74, 6) is -0.676. The summed E-state index contributed by atoms with van der Waals surface area (Å²) in [4.78, 5) is 12.3. The van der Waals surface area contributed by atoms with E-state index < -0.39 is 12.0 Å². The second-order valence-corrected chi connectivity index (χ2v) is 7.14. The summed E-state index contributed by atoms with van der Waals surface area (Å²) in [6.07, 6.45) is 1.21. The fraction of sp³-hybridized carbons (Fsp3) is 0.300. The van der Waals surface area contributed by atoms with Crippen LogP contribution in [0.3, 0.4) is 0 Å². The van der Waals surface area contributed by atoms with Crippen LogP contribution in [0.25, 0.3) is 0 Å². The first-order chi connectivity index (χ1) is 12.5. The van der Waals surface area contributed by atoms with Crippen molar-refractivity contribution in [3.63, 3.8) is 0 Å². The fourth-order valence-corrected chi connectivity index (χ4v) is 3.44. The molecule has 1 N–H and O–H groups in total. The molecule has 1 aliphatic heterocycles. The van der Waals surface area contributed by atoms with E-state index in [2.05, 4.69) is 11.4 Å². The Hall–Kier alpha value is -2.06. The van der Waals surface area contributed by atoms with Crippen molar-refractivity contribution < 1.29 is 9.53 Å². The minimum Gasteiger partial charge on any atom is -0.368 e. The summed E-state index contributed by atoms with van der Waals surface area (Å²) in [7, 11) is 0. The zero-order chi connectivity index (χ0) is 18.7. The number of rotatable bonds is 4. The minimum atomic E-state index is -0.513. The van der Waals surface area contributed by atoms with Gasteiger partial charge in [-0.25, -0.2) is 0 Å². The van der Waals surface area contributed by atoms with E-state index in [0.717, 1.165) is 24.0 Å². The Bertz CT molecular complexity index is 853. The van der Waals surface area contributed by atoms with Crippen molar-refractivity contribution in [1.29, 1.82) is 5.26 Å². The highest BCUT2D eigenvalue weighted by Gasteiger charge is 2.25. The molecule has 6 heteroatoms. The predicted molar refractivity (Wildman–Crippen MR) is 103 cm³/mol. The maximum absolute atomic E-state index is 12.3. The molecule has 0 unspecified atom stereocenters. The monoisotopic (exact) mass is 388 g/mol. The number of nitriles is 1. The van der Waals surface area contributed by atoms with Crippen molar-refractivity contribution in [3.05, 3.63) is 63.1 Å². The van der Waals surface area contributed by atoms with Gasteiger partial charge in [0.15, 0.2) is 0 Å². The topological polar surface area (TPSA) is 62.1 Å². The zero-order valence-corrected chi connectivity index (χ0v) is 15.8. The van der Waals surface area contributed by atoms with Crippen LogP contribution in [0.5, 0.6) is 0 Å². The van der Waals surface area contributed by atoms with Gasteiger partial charge in [0.25, 0.3) is 5.91 Å². The Labute approximate surface area is 162 Å². The lowest BCUT2D eigenvalue weighted by Gasteiger charge is -2.17. The number of carbonyl (C=O) groups excluding carboxylic acids is 1. The number of carbonyl (C=O) groups is 1. The first-order valence-corrected chi connectivity index (χ1v) is 9.13. The SMILES string of the molecule is Cc1cc([C@@H](C#N)c2ccc(Cl)cc2)c(Cl)cc1NC(=O)[C@H]1CCCO1. The number of nitrogens with one attached hydrogen (secondary N) is 1. The molecule has 1 heterocycles. The van der Waals surface area contributed by atoms with Crippen molar-refractivity contribution in [2.45, 2.75) is 31.8 Å². The van der Waals surface area contributed by atoms with Gasteiger partial charge < -0.3 is 10.1 Å². The van der Waals surface area contributed by atoms with E-state index >= 15 is 0 Å². The number of anilines is 1. The Balaban J connectivity index is 1.87. The molecular formula is C20H18Cl2N2O2. The highest BCUT2D eigenvalue weighted by atomic mass is 35.5. The molecule has 4 nitrogen and oxygen atoms in total. The number of hydrogen-bond donors (Lipinski definition) is 1. The molecule has 1 aliphatic rings. The van der Waals surface area contributed by atoms with Gasteiger partial charge >= 0.3 is 0 Å². The number of amides is 1. The number of halogens is 2. The first-order valence-electron chi connectivity index (χ1n) is 8.37. The summed E-state index contributed by atoms with van der Waals surface area (Å²) in [6, 6.07) is 13.0. The van der Waals surface area contributed by atoms with Crippen LogP contribution < -0.4 is 5.32 Å². The Morgan fingerprint density at radius 3 is 2.65 bits per heavy atom. The van der Waals surface area contributed by atoms with Crippen LogP contribution in [0.1, 0.15) is 35.4 Å². The number of aryl methyl sites for hydroxylation is 1.